The molecule has 0 aliphatic heterocycles. The summed E-state index contributed by atoms with van der Waals surface area (Å²) < 4.78 is 18.2. The van der Waals surface area contributed by atoms with E-state index in [1.54, 1.807) is 6.92 Å². The molecule has 0 aliphatic rings. The lowest BCUT2D eigenvalue weighted by atomic mass is 10.2. The number of carbonyl (C=O) groups is 2. The van der Waals surface area contributed by atoms with Crippen LogP contribution in [0.2, 0.25) is 0 Å². The summed E-state index contributed by atoms with van der Waals surface area (Å²) in [5, 5.41) is 2.95. The number of ether oxygens (including phenoxy) is 1. The second-order valence-electron chi connectivity index (χ2n) is 3.97. The van der Waals surface area contributed by atoms with Gasteiger partial charge >= 0.3 is 5.97 Å². The fraction of sp³-hybridized carbons (Fsp3) is 0.231. The van der Waals surface area contributed by atoms with Gasteiger partial charge in [-0.25, -0.2) is 9.18 Å². The molecule has 1 heterocycles. The zero-order chi connectivity index (χ0) is 14.0. The van der Waals surface area contributed by atoms with Crippen molar-refractivity contribution in [2.75, 3.05) is 11.9 Å². The number of fused-ring (bicyclic) bond motifs is 1. The van der Waals surface area contributed by atoms with Crippen molar-refractivity contribution in [1.29, 1.82) is 0 Å². The number of esters is 1. The van der Waals surface area contributed by atoms with E-state index in [0.717, 1.165) is 0 Å². The van der Waals surface area contributed by atoms with Crippen molar-refractivity contribution in [3.63, 3.8) is 0 Å². The van der Waals surface area contributed by atoms with Crippen LogP contribution < -0.4 is 5.32 Å². The predicted molar refractivity (Wildman–Crippen MR) is 68.5 cm³/mol. The highest BCUT2D eigenvalue weighted by atomic mass is 19.1. The minimum Gasteiger partial charge on any atom is -0.461 e. The molecule has 0 saturated heterocycles. The lowest BCUT2D eigenvalue weighted by Gasteiger charge is -2.04. The van der Waals surface area contributed by atoms with Crippen LogP contribution in [0.5, 0.6) is 0 Å². The fourth-order valence-corrected chi connectivity index (χ4v) is 1.83. The molecule has 6 heteroatoms. The highest BCUT2D eigenvalue weighted by molar-refractivity contribution is 6.10. The first-order chi connectivity index (χ1) is 9.02. The van der Waals surface area contributed by atoms with E-state index in [2.05, 4.69) is 10.3 Å². The second-order valence-corrected chi connectivity index (χ2v) is 3.97. The van der Waals surface area contributed by atoms with Crippen LogP contribution in [0.3, 0.4) is 0 Å². The first-order valence-corrected chi connectivity index (χ1v) is 5.79. The molecule has 2 rings (SSSR count). The number of halogens is 1. The topological polar surface area (TPSA) is 71.2 Å². The molecule has 2 aromatic rings. The van der Waals surface area contributed by atoms with Gasteiger partial charge in [0.1, 0.15) is 11.5 Å². The Morgan fingerprint density at radius 1 is 1.42 bits per heavy atom. The molecular formula is C13H13FN2O3. The van der Waals surface area contributed by atoms with E-state index in [-0.39, 0.29) is 23.9 Å². The number of anilines is 1. The number of hydrogen-bond acceptors (Lipinski definition) is 3. The molecule has 19 heavy (non-hydrogen) atoms. The Hall–Kier alpha value is -2.37. The number of carbonyl (C=O) groups excluding carboxylic acids is 2. The van der Waals surface area contributed by atoms with E-state index in [4.69, 9.17) is 4.74 Å². The minimum absolute atomic E-state index is 0.109. The van der Waals surface area contributed by atoms with Crippen LogP contribution in [0, 0.1) is 5.82 Å². The van der Waals surface area contributed by atoms with Crippen LogP contribution in [0.25, 0.3) is 10.9 Å². The number of nitrogens with one attached hydrogen (secondary N) is 2. The van der Waals surface area contributed by atoms with Crippen molar-refractivity contribution in [3.8, 4) is 0 Å². The monoisotopic (exact) mass is 264 g/mol. The fourth-order valence-electron chi connectivity index (χ4n) is 1.83. The van der Waals surface area contributed by atoms with Gasteiger partial charge in [0.05, 0.1) is 12.3 Å². The number of H-pyrrole nitrogens is 1. The third-order valence-corrected chi connectivity index (χ3v) is 2.54. The van der Waals surface area contributed by atoms with Crippen LogP contribution in [0.1, 0.15) is 24.3 Å². The number of aromatic nitrogens is 1. The molecule has 1 aromatic carbocycles. The largest absolute Gasteiger partial charge is 0.461 e. The predicted octanol–water partition coefficient (Wildman–Crippen LogP) is 2.44. The number of amides is 1. The van der Waals surface area contributed by atoms with E-state index in [1.165, 1.54) is 25.1 Å². The molecule has 1 aromatic heterocycles. The van der Waals surface area contributed by atoms with Crippen molar-refractivity contribution in [3.05, 3.63) is 29.7 Å². The van der Waals surface area contributed by atoms with Gasteiger partial charge in [0.25, 0.3) is 0 Å². The van der Waals surface area contributed by atoms with Crippen molar-refractivity contribution in [2.24, 2.45) is 0 Å². The van der Waals surface area contributed by atoms with Crippen molar-refractivity contribution >= 4 is 28.5 Å². The van der Waals surface area contributed by atoms with Gasteiger partial charge in [0.2, 0.25) is 5.91 Å². The molecule has 0 aliphatic carbocycles. The zero-order valence-corrected chi connectivity index (χ0v) is 10.5. The van der Waals surface area contributed by atoms with Gasteiger partial charge in [-0.05, 0) is 25.1 Å². The van der Waals surface area contributed by atoms with Crippen molar-refractivity contribution in [2.45, 2.75) is 13.8 Å². The molecule has 0 spiro atoms. The van der Waals surface area contributed by atoms with Crippen LogP contribution in [0.4, 0.5) is 10.1 Å². The quantitative estimate of drug-likeness (QED) is 0.836. The summed E-state index contributed by atoms with van der Waals surface area (Å²) in [6.07, 6.45) is 0. The molecular weight excluding hydrogens is 251 g/mol. The molecule has 0 unspecified atom stereocenters. The molecule has 0 fully saturated rings. The standard InChI is InChI=1S/C13H13FN2O3/c1-3-19-13(18)12-11(15-7(2)17)9-6-8(14)4-5-10(9)16-12/h4-6,16H,3H2,1-2H3,(H,15,17). The van der Waals surface area contributed by atoms with E-state index in [1.807, 2.05) is 0 Å². The summed E-state index contributed by atoms with van der Waals surface area (Å²) in [6.45, 7) is 3.20. The number of aromatic amines is 1. The van der Waals surface area contributed by atoms with Crippen molar-refractivity contribution < 1.29 is 18.7 Å². The Morgan fingerprint density at radius 3 is 2.79 bits per heavy atom. The molecule has 0 bridgehead atoms. The molecule has 5 nitrogen and oxygen atoms in total. The number of benzene rings is 1. The smallest absolute Gasteiger partial charge is 0.356 e. The Balaban J connectivity index is 2.61. The summed E-state index contributed by atoms with van der Waals surface area (Å²) in [6, 6.07) is 4.02. The lowest BCUT2D eigenvalue weighted by molar-refractivity contribution is -0.114. The van der Waals surface area contributed by atoms with Crippen LogP contribution >= 0.6 is 0 Å². The Bertz CT molecular complexity index is 649. The summed E-state index contributed by atoms with van der Waals surface area (Å²) in [5.41, 5.74) is 0.895. The molecule has 1 amide bonds. The highest BCUT2D eigenvalue weighted by Gasteiger charge is 2.20. The molecule has 2 N–H and O–H groups in total. The van der Waals surface area contributed by atoms with Gasteiger partial charge in [-0.1, -0.05) is 0 Å². The molecule has 100 valence electrons. The summed E-state index contributed by atoms with van der Waals surface area (Å²) >= 11 is 0. The van der Waals surface area contributed by atoms with Crippen LogP contribution in [0.15, 0.2) is 18.2 Å². The van der Waals surface area contributed by atoms with E-state index >= 15 is 0 Å². The third-order valence-electron chi connectivity index (χ3n) is 2.54. The Kier molecular flexibility index (Phi) is 3.50. The Morgan fingerprint density at radius 2 is 2.16 bits per heavy atom. The zero-order valence-electron chi connectivity index (χ0n) is 10.5. The first-order valence-electron chi connectivity index (χ1n) is 5.79. The van der Waals surface area contributed by atoms with E-state index in [0.29, 0.717) is 10.9 Å². The summed E-state index contributed by atoms with van der Waals surface area (Å²) in [7, 11) is 0. The van der Waals surface area contributed by atoms with Crippen molar-refractivity contribution in [1.82, 2.24) is 4.98 Å². The third kappa shape index (κ3) is 2.57. The SMILES string of the molecule is CCOC(=O)c1[nH]c2ccc(F)cc2c1NC(C)=O. The second kappa shape index (κ2) is 5.09. The minimum atomic E-state index is -0.595. The van der Waals surface area contributed by atoms with Gasteiger partial charge in [0, 0.05) is 17.8 Å². The number of rotatable bonds is 3. The van der Waals surface area contributed by atoms with E-state index in [9.17, 15) is 14.0 Å². The maximum atomic E-state index is 13.3. The van der Waals surface area contributed by atoms with Gasteiger partial charge in [-0.3, -0.25) is 4.79 Å². The van der Waals surface area contributed by atoms with Crippen LogP contribution in [-0.2, 0) is 9.53 Å². The van der Waals surface area contributed by atoms with Crippen LogP contribution in [-0.4, -0.2) is 23.5 Å². The number of hydrogen-bond donors (Lipinski definition) is 2. The first kappa shape index (κ1) is 13.1. The van der Waals surface area contributed by atoms with Gasteiger partial charge in [-0.15, -0.1) is 0 Å². The maximum Gasteiger partial charge on any atom is 0.356 e. The van der Waals surface area contributed by atoms with Gasteiger partial charge in [-0.2, -0.15) is 0 Å². The van der Waals surface area contributed by atoms with E-state index < -0.39 is 11.8 Å². The summed E-state index contributed by atoms with van der Waals surface area (Å²) in [5.74, 6) is -1.40. The molecule has 0 atom stereocenters. The average molecular weight is 264 g/mol. The van der Waals surface area contributed by atoms with Gasteiger partial charge < -0.3 is 15.0 Å². The Labute approximate surface area is 108 Å². The normalized spacial score (nSPS) is 10.5. The van der Waals surface area contributed by atoms with Gasteiger partial charge in [0.15, 0.2) is 0 Å². The average Bonchev–Trinajstić information content (AvgIpc) is 2.67. The lowest BCUT2D eigenvalue weighted by Crippen LogP contribution is -2.12. The maximum absolute atomic E-state index is 13.3. The molecule has 0 radical (unpaired) electrons. The molecule has 0 saturated carbocycles. The summed E-state index contributed by atoms with van der Waals surface area (Å²) in [4.78, 5) is 25.8. The highest BCUT2D eigenvalue weighted by Crippen LogP contribution is 2.29.